The minimum Gasteiger partial charge on any atom is -0.474 e. The van der Waals surface area contributed by atoms with Gasteiger partial charge in [0.15, 0.2) is 0 Å². The maximum absolute atomic E-state index is 5.78. The fourth-order valence-corrected chi connectivity index (χ4v) is 5.16. The van der Waals surface area contributed by atoms with E-state index in [4.69, 9.17) is 9.72 Å². The van der Waals surface area contributed by atoms with Crippen molar-refractivity contribution >= 4 is 23.0 Å². The van der Waals surface area contributed by atoms with Crippen LogP contribution >= 0.6 is 0 Å². The molecule has 34 heavy (non-hydrogen) atoms. The molecule has 6 rings (SSSR count). The van der Waals surface area contributed by atoms with Crippen LogP contribution in [0.2, 0.25) is 0 Å². The number of fused-ring (bicyclic) bond motifs is 3. The second kappa shape index (κ2) is 8.39. The van der Waals surface area contributed by atoms with Gasteiger partial charge in [0.1, 0.15) is 12.3 Å². The second-order valence-electron chi connectivity index (χ2n) is 9.47. The number of likely N-dealkylation sites (N-methyl/N-ethyl adjacent to an activating group) is 2. The Morgan fingerprint density at radius 2 is 1.82 bits per heavy atom. The van der Waals surface area contributed by atoms with Gasteiger partial charge in [-0.15, -0.1) is 0 Å². The molecule has 1 N–H and O–H groups in total. The zero-order valence-electron chi connectivity index (χ0n) is 20.0. The maximum atomic E-state index is 5.78. The molecule has 0 radical (unpaired) electrons. The van der Waals surface area contributed by atoms with Crippen molar-refractivity contribution < 1.29 is 4.74 Å². The van der Waals surface area contributed by atoms with E-state index in [1.165, 1.54) is 22.4 Å². The van der Waals surface area contributed by atoms with E-state index in [1.54, 1.807) is 0 Å². The minimum atomic E-state index is 0.611. The largest absolute Gasteiger partial charge is 0.474 e. The second-order valence-corrected chi connectivity index (χ2v) is 9.47. The van der Waals surface area contributed by atoms with E-state index in [9.17, 15) is 0 Å². The number of hydrogen-bond donors (Lipinski definition) is 1. The summed E-state index contributed by atoms with van der Waals surface area (Å²) in [5.41, 5.74) is 9.07. The SMILES string of the molecule is Cc1c(N2CCc3cnc(Nc4cnc5c(c4)CN(C)CC5)nc3C2)cnc2c1N(C)CCO2. The molecule has 3 aromatic rings. The van der Waals surface area contributed by atoms with Gasteiger partial charge < -0.3 is 24.8 Å². The monoisotopic (exact) mass is 458 g/mol. The normalized spacial score (nSPS) is 17.5. The van der Waals surface area contributed by atoms with Crippen molar-refractivity contribution in [2.75, 3.05) is 55.5 Å². The molecule has 0 aromatic carbocycles. The lowest BCUT2D eigenvalue weighted by atomic mass is 10.0. The lowest BCUT2D eigenvalue weighted by molar-refractivity contribution is 0.298. The summed E-state index contributed by atoms with van der Waals surface area (Å²) in [7, 11) is 4.25. The summed E-state index contributed by atoms with van der Waals surface area (Å²) in [4.78, 5) is 25.7. The standard InChI is InChI=1S/C25H30N8O/c1-16-22(13-27-24-23(16)32(3)8-9-34-24)33-7-4-17-11-28-25(30-21(17)15-33)29-19-10-18-14-31(2)6-5-20(18)26-12-19/h10-13H,4-9,14-15H2,1-3H3,(H,28,29,30). The number of nitrogens with one attached hydrogen (secondary N) is 1. The molecule has 3 aliphatic rings. The Morgan fingerprint density at radius 3 is 2.74 bits per heavy atom. The molecule has 9 nitrogen and oxygen atoms in total. The highest BCUT2D eigenvalue weighted by atomic mass is 16.5. The molecule has 3 aliphatic heterocycles. The summed E-state index contributed by atoms with van der Waals surface area (Å²) in [5.74, 6) is 1.34. The van der Waals surface area contributed by atoms with E-state index < -0.39 is 0 Å². The van der Waals surface area contributed by atoms with Crippen molar-refractivity contribution in [3.8, 4) is 5.88 Å². The van der Waals surface area contributed by atoms with Crippen LogP contribution in [-0.2, 0) is 25.9 Å². The van der Waals surface area contributed by atoms with Gasteiger partial charge in [0.05, 0.1) is 42.6 Å². The fourth-order valence-electron chi connectivity index (χ4n) is 5.16. The molecule has 176 valence electrons. The summed E-state index contributed by atoms with van der Waals surface area (Å²) in [5, 5.41) is 3.37. The number of aromatic nitrogens is 4. The van der Waals surface area contributed by atoms with Gasteiger partial charge in [-0.3, -0.25) is 4.98 Å². The smallest absolute Gasteiger partial charge is 0.238 e. The zero-order valence-corrected chi connectivity index (χ0v) is 20.0. The van der Waals surface area contributed by atoms with E-state index in [1.807, 2.05) is 18.6 Å². The predicted octanol–water partition coefficient (Wildman–Crippen LogP) is 2.70. The molecule has 6 heterocycles. The number of hydrogen-bond acceptors (Lipinski definition) is 9. The van der Waals surface area contributed by atoms with Crippen LogP contribution in [-0.4, -0.2) is 65.2 Å². The summed E-state index contributed by atoms with van der Waals surface area (Å²) in [6.45, 7) is 7.33. The van der Waals surface area contributed by atoms with Crippen molar-refractivity contribution in [2.45, 2.75) is 32.9 Å². The molecule has 0 fully saturated rings. The zero-order chi connectivity index (χ0) is 23.2. The third-order valence-electron chi connectivity index (χ3n) is 7.07. The highest BCUT2D eigenvalue weighted by Gasteiger charge is 2.26. The van der Waals surface area contributed by atoms with Gasteiger partial charge in [-0.1, -0.05) is 0 Å². The molecule has 0 amide bonds. The summed E-state index contributed by atoms with van der Waals surface area (Å²) in [6.07, 6.45) is 7.69. The topological polar surface area (TPSA) is 82.5 Å². The van der Waals surface area contributed by atoms with Gasteiger partial charge >= 0.3 is 0 Å². The Hall–Kier alpha value is -3.46. The lowest BCUT2D eigenvalue weighted by Gasteiger charge is -2.34. The Kier molecular flexibility index (Phi) is 5.21. The van der Waals surface area contributed by atoms with Crippen LogP contribution in [0.1, 0.15) is 28.1 Å². The molecule has 0 bridgehead atoms. The van der Waals surface area contributed by atoms with E-state index in [0.717, 1.165) is 74.2 Å². The van der Waals surface area contributed by atoms with Gasteiger partial charge in [0, 0.05) is 50.6 Å². The van der Waals surface area contributed by atoms with Crippen molar-refractivity contribution in [1.82, 2.24) is 24.8 Å². The van der Waals surface area contributed by atoms with Crippen LogP contribution in [0.3, 0.4) is 0 Å². The molecule has 0 saturated heterocycles. The van der Waals surface area contributed by atoms with Gasteiger partial charge in [0.2, 0.25) is 11.8 Å². The van der Waals surface area contributed by atoms with Crippen LogP contribution in [0.5, 0.6) is 5.88 Å². The minimum absolute atomic E-state index is 0.611. The highest BCUT2D eigenvalue weighted by Crippen LogP contribution is 2.38. The molecule has 0 aliphatic carbocycles. The summed E-state index contributed by atoms with van der Waals surface area (Å²) in [6, 6.07) is 2.17. The maximum Gasteiger partial charge on any atom is 0.238 e. The van der Waals surface area contributed by atoms with Crippen molar-refractivity contribution in [3.05, 3.63) is 52.7 Å². The number of rotatable bonds is 3. The molecule has 0 unspecified atom stereocenters. The van der Waals surface area contributed by atoms with Crippen LogP contribution in [0.15, 0.2) is 24.7 Å². The first kappa shape index (κ1) is 21.1. The van der Waals surface area contributed by atoms with E-state index in [2.05, 4.69) is 62.1 Å². The number of anilines is 4. The first-order valence-corrected chi connectivity index (χ1v) is 11.9. The molecule has 0 atom stereocenters. The molecular weight excluding hydrogens is 428 g/mol. The molecule has 0 spiro atoms. The van der Waals surface area contributed by atoms with Crippen LogP contribution in [0.4, 0.5) is 23.0 Å². The predicted molar refractivity (Wildman–Crippen MR) is 132 cm³/mol. The van der Waals surface area contributed by atoms with Crippen LogP contribution in [0, 0.1) is 6.92 Å². The quantitative estimate of drug-likeness (QED) is 0.637. The van der Waals surface area contributed by atoms with Gasteiger partial charge in [-0.2, -0.15) is 0 Å². The van der Waals surface area contributed by atoms with E-state index in [-0.39, 0.29) is 0 Å². The van der Waals surface area contributed by atoms with E-state index in [0.29, 0.717) is 12.6 Å². The number of ether oxygens (including phenoxy) is 1. The summed E-state index contributed by atoms with van der Waals surface area (Å²) < 4.78 is 5.78. The highest BCUT2D eigenvalue weighted by molar-refractivity contribution is 5.71. The number of pyridine rings is 2. The third-order valence-corrected chi connectivity index (χ3v) is 7.07. The van der Waals surface area contributed by atoms with Crippen molar-refractivity contribution in [3.63, 3.8) is 0 Å². The molecular formula is C25H30N8O. The summed E-state index contributed by atoms with van der Waals surface area (Å²) >= 11 is 0. The molecule has 3 aromatic heterocycles. The van der Waals surface area contributed by atoms with Gasteiger partial charge in [0.25, 0.3) is 0 Å². The Balaban J connectivity index is 1.24. The molecule has 9 heteroatoms. The first-order valence-electron chi connectivity index (χ1n) is 11.9. The Labute approximate surface area is 199 Å². The van der Waals surface area contributed by atoms with E-state index >= 15 is 0 Å². The third kappa shape index (κ3) is 3.79. The van der Waals surface area contributed by atoms with Gasteiger partial charge in [-0.05, 0) is 37.6 Å². The number of nitrogens with zero attached hydrogens (tertiary/aromatic N) is 7. The Bertz CT molecular complexity index is 1250. The van der Waals surface area contributed by atoms with Crippen molar-refractivity contribution in [1.29, 1.82) is 0 Å². The fraction of sp³-hybridized carbons (Fsp3) is 0.440. The van der Waals surface area contributed by atoms with Crippen LogP contribution in [0.25, 0.3) is 0 Å². The van der Waals surface area contributed by atoms with Crippen molar-refractivity contribution in [2.24, 2.45) is 0 Å². The first-order chi connectivity index (χ1) is 16.5. The van der Waals surface area contributed by atoms with Gasteiger partial charge in [-0.25, -0.2) is 15.0 Å². The lowest BCUT2D eigenvalue weighted by Crippen LogP contribution is -2.34. The average Bonchev–Trinajstić information content (AvgIpc) is 2.83. The van der Waals surface area contributed by atoms with Crippen LogP contribution < -0.4 is 19.9 Å². The molecule has 0 saturated carbocycles. The Morgan fingerprint density at radius 1 is 0.912 bits per heavy atom. The average molecular weight is 459 g/mol.